The summed E-state index contributed by atoms with van der Waals surface area (Å²) < 4.78 is 31.3. The van der Waals surface area contributed by atoms with Crippen LogP contribution in [0.1, 0.15) is 39.0 Å². The van der Waals surface area contributed by atoms with Gasteiger partial charge in [0.15, 0.2) is 0 Å². The van der Waals surface area contributed by atoms with Gasteiger partial charge in [0.05, 0.1) is 11.9 Å². The molecule has 0 radical (unpaired) electrons. The van der Waals surface area contributed by atoms with Crippen LogP contribution >= 0.6 is 0 Å². The lowest BCUT2D eigenvalue weighted by Gasteiger charge is -2.23. The summed E-state index contributed by atoms with van der Waals surface area (Å²) in [7, 11) is -3.60. The molecule has 18 heavy (non-hydrogen) atoms. The van der Waals surface area contributed by atoms with E-state index in [2.05, 4.69) is 4.72 Å². The largest absolute Gasteiger partial charge is 0.480 e. The van der Waals surface area contributed by atoms with Crippen molar-refractivity contribution in [2.45, 2.75) is 51.2 Å². The van der Waals surface area contributed by atoms with Crippen LogP contribution in [0.3, 0.4) is 0 Å². The third-order valence-electron chi connectivity index (χ3n) is 2.88. The van der Waals surface area contributed by atoms with Gasteiger partial charge < -0.3 is 9.84 Å². The Labute approximate surface area is 108 Å². The van der Waals surface area contributed by atoms with E-state index in [1.807, 2.05) is 6.92 Å². The highest BCUT2D eigenvalue weighted by Gasteiger charge is 2.27. The number of sulfonamides is 1. The van der Waals surface area contributed by atoms with Crippen LogP contribution in [0.25, 0.3) is 0 Å². The van der Waals surface area contributed by atoms with Crippen molar-refractivity contribution in [3.63, 3.8) is 0 Å². The smallest absolute Gasteiger partial charge is 0.321 e. The average Bonchev–Trinajstić information content (AvgIpc) is 2.28. The van der Waals surface area contributed by atoms with Gasteiger partial charge in [-0.3, -0.25) is 4.79 Å². The zero-order valence-electron chi connectivity index (χ0n) is 10.6. The lowest BCUT2D eigenvalue weighted by molar-refractivity contribution is -0.139. The lowest BCUT2D eigenvalue weighted by atomic mass is 10.1. The minimum atomic E-state index is -3.60. The molecule has 7 heteroatoms. The molecule has 2 N–H and O–H groups in total. The number of carboxylic acids is 1. The molecule has 0 aromatic heterocycles. The number of carbonyl (C=O) groups is 1. The highest BCUT2D eigenvalue weighted by Crippen LogP contribution is 2.14. The minimum Gasteiger partial charge on any atom is -0.480 e. The van der Waals surface area contributed by atoms with E-state index in [0.29, 0.717) is 25.9 Å². The fourth-order valence-corrected chi connectivity index (χ4v) is 3.47. The lowest BCUT2D eigenvalue weighted by Crippen LogP contribution is -2.44. The fourth-order valence-electron chi connectivity index (χ4n) is 1.97. The normalized spacial score (nSPS) is 22.6. The van der Waals surface area contributed by atoms with Gasteiger partial charge in [0, 0.05) is 6.61 Å². The molecule has 1 aliphatic rings. The summed E-state index contributed by atoms with van der Waals surface area (Å²) >= 11 is 0. The van der Waals surface area contributed by atoms with Crippen molar-refractivity contribution in [3.8, 4) is 0 Å². The summed E-state index contributed by atoms with van der Waals surface area (Å²) in [4.78, 5) is 10.9. The molecule has 0 aromatic rings. The Kier molecular flexibility index (Phi) is 6.04. The van der Waals surface area contributed by atoms with Crippen LogP contribution in [0.4, 0.5) is 0 Å². The maximum atomic E-state index is 11.8. The second kappa shape index (κ2) is 7.06. The molecule has 0 aliphatic carbocycles. The maximum Gasteiger partial charge on any atom is 0.321 e. The first kappa shape index (κ1) is 15.4. The first-order valence-electron chi connectivity index (χ1n) is 6.29. The van der Waals surface area contributed by atoms with Gasteiger partial charge in [0.1, 0.15) is 6.04 Å². The summed E-state index contributed by atoms with van der Waals surface area (Å²) in [6.45, 7) is 2.39. The molecule has 6 nitrogen and oxygen atoms in total. The van der Waals surface area contributed by atoms with Crippen molar-refractivity contribution in [2.75, 3.05) is 12.4 Å². The summed E-state index contributed by atoms with van der Waals surface area (Å²) in [6.07, 6.45) is 3.22. The molecule has 0 bridgehead atoms. The van der Waals surface area contributed by atoms with E-state index in [0.717, 1.165) is 12.8 Å². The number of aliphatic carboxylic acids is 1. The molecule has 2 unspecified atom stereocenters. The molecule has 106 valence electrons. The van der Waals surface area contributed by atoms with Gasteiger partial charge in [-0.15, -0.1) is 0 Å². The third-order valence-corrected chi connectivity index (χ3v) is 4.33. The van der Waals surface area contributed by atoms with E-state index in [4.69, 9.17) is 9.84 Å². The maximum absolute atomic E-state index is 11.8. The Hall–Kier alpha value is -0.660. The Morgan fingerprint density at radius 3 is 2.72 bits per heavy atom. The second-order valence-electron chi connectivity index (χ2n) is 4.57. The van der Waals surface area contributed by atoms with Crippen molar-refractivity contribution in [1.82, 2.24) is 4.72 Å². The van der Waals surface area contributed by atoms with Crippen molar-refractivity contribution in [3.05, 3.63) is 0 Å². The minimum absolute atomic E-state index is 0.152. The standard InChI is InChI=1S/C11H21NO5S/c1-2-5-10(11(13)14)12-18(15,16)8-9-6-3-4-7-17-9/h9-10,12H,2-8H2,1H3,(H,13,14). The van der Waals surface area contributed by atoms with Gasteiger partial charge >= 0.3 is 5.97 Å². The molecule has 0 saturated carbocycles. The predicted octanol–water partition coefficient (Wildman–Crippen LogP) is 0.728. The van der Waals surface area contributed by atoms with E-state index in [1.54, 1.807) is 0 Å². The molecule has 1 fully saturated rings. The molecular weight excluding hydrogens is 258 g/mol. The molecule has 0 aromatic carbocycles. The van der Waals surface area contributed by atoms with Crippen LogP contribution in [-0.2, 0) is 19.6 Å². The molecule has 2 atom stereocenters. The van der Waals surface area contributed by atoms with Crippen molar-refractivity contribution in [2.24, 2.45) is 0 Å². The van der Waals surface area contributed by atoms with E-state index in [1.165, 1.54) is 0 Å². The van der Waals surface area contributed by atoms with Crippen LogP contribution in [0.5, 0.6) is 0 Å². The van der Waals surface area contributed by atoms with Gasteiger partial charge in [0.2, 0.25) is 10.0 Å². The van der Waals surface area contributed by atoms with Gasteiger partial charge in [-0.2, -0.15) is 0 Å². The summed E-state index contributed by atoms with van der Waals surface area (Å²) in [5.41, 5.74) is 0. The zero-order valence-corrected chi connectivity index (χ0v) is 11.4. The quantitative estimate of drug-likeness (QED) is 0.716. The van der Waals surface area contributed by atoms with E-state index < -0.39 is 22.0 Å². The highest BCUT2D eigenvalue weighted by atomic mass is 32.2. The topological polar surface area (TPSA) is 92.7 Å². The first-order valence-corrected chi connectivity index (χ1v) is 7.94. The Morgan fingerprint density at radius 1 is 1.50 bits per heavy atom. The van der Waals surface area contributed by atoms with Crippen molar-refractivity contribution < 1.29 is 23.1 Å². The summed E-state index contributed by atoms with van der Waals surface area (Å²) in [5, 5.41) is 8.92. The van der Waals surface area contributed by atoms with E-state index >= 15 is 0 Å². The number of rotatable bonds is 7. The molecule has 1 heterocycles. The number of nitrogens with one attached hydrogen (secondary N) is 1. The third kappa shape index (κ3) is 5.32. The Balaban J connectivity index is 2.53. The van der Waals surface area contributed by atoms with Crippen LogP contribution in [0.15, 0.2) is 0 Å². The predicted molar refractivity (Wildman–Crippen MR) is 66.8 cm³/mol. The van der Waals surface area contributed by atoms with Crippen LogP contribution < -0.4 is 4.72 Å². The van der Waals surface area contributed by atoms with Crippen LogP contribution in [0.2, 0.25) is 0 Å². The number of ether oxygens (including phenoxy) is 1. The highest BCUT2D eigenvalue weighted by molar-refractivity contribution is 7.89. The Bertz CT molecular complexity index is 362. The molecule has 1 saturated heterocycles. The van der Waals surface area contributed by atoms with Crippen LogP contribution in [0, 0.1) is 0 Å². The number of carboxylic acid groups (broad SMARTS) is 1. The Morgan fingerprint density at radius 2 is 2.22 bits per heavy atom. The fraction of sp³-hybridized carbons (Fsp3) is 0.909. The summed E-state index contributed by atoms with van der Waals surface area (Å²) in [5.74, 6) is -1.29. The van der Waals surface area contributed by atoms with Gasteiger partial charge in [-0.25, -0.2) is 13.1 Å². The van der Waals surface area contributed by atoms with Crippen LogP contribution in [-0.4, -0.2) is 44.0 Å². The molecular formula is C11H21NO5S. The second-order valence-corrected chi connectivity index (χ2v) is 6.37. The number of hydrogen-bond donors (Lipinski definition) is 2. The van der Waals surface area contributed by atoms with E-state index in [-0.39, 0.29) is 11.9 Å². The van der Waals surface area contributed by atoms with Gasteiger partial charge in [-0.1, -0.05) is 13.3 Å². The van der Waals surface area contributed by atoms with Crippen molar-refractivity contribution >= 4 is 16.0 Å². The van der Waals surface area contributed by atoms with Gasteiger partial charge in [-0.05, 0) is 25.7 Å². The average molecular weight is 279 g/mol. The SMILES string of the molecule is CCCC(NS(=O)(=O)CC1CCCCO1)C(=O)O. The monoisotopic (exact) mass is 279 g/mol. The molecule has 1 aliphatic heterocycles. The van der Waals surface area contributed by atoms with E-state index in [9.17, 15) is 13.2 Å². The molecule has 1 rings (SSSR count). The first-order chi connectivity index (χ1) is 8.44. The zero-order chi connectivity index (χ0) is 13.6. The molecule has 0 spiro atoms. The van der Waals surface area contributed by atoms with Gasteiger partial charge in [0.25, 0.3) is 0 Å². The van der Waals surface area contributed by atoms with Crippen molar-refractivity contribution in [1.29, 1.82) is 0 Å². The molecule has 0 amide bonds. The number of hydrogen-bond acceptors (Lipinski definition) is 4. The summed E-state index contributed by atoms with van der Waals surface area (Å²) in [6, 6.07) is -1.04.